The number of anilines is 1. The molecule has 0 saturated heterocycles. The number of alkyl halides is 2. The maximum absolute atomic E-state index is 12.2. The predicted octanol–water partition coefficient (Wildman–Crippen LogP) is 1.97. The van der Waals surface area contributed by atoms with Gasteiger partial charge in [-0.3, -0.25) is 0 Å². The quantitative estimate of drug-likeness (QED) is 0.792. The van der Waals surface area contributed by atoms with E-state index in [2.05, 4.69) is 19.8 Å². The van der Waals surface area contributed by atoms with Gasteiger partial charge in [0, 0.05) is 17.8 Å². The first-order valence-corrected chi connectivity index (χ1v) is 5.66. The summed E-state index contributed by atoms with van der Waals surface area (Å²) in [5.41, 5.74) is 6.63. The molecule has 2 N–H and O–H groups in total. The van der Waals surface area contributed by atoms with Gasteiger partial charge >= 0.3 is 6.61 Å². The van der Waals surface area contributed by atoms with E-state index in [1.807, 2.05) is 0 Å². The number of nitrogen functional groups attached to an aromatic ring is 1. The first-order valence-electron chi connectivity index (χ1n) is 5.66. The van der Waals surface area contributed by atoms with Crippen molar-refractivity contribution in [1.29, 1.82) is 0 Å². The second-order valence-corrected chi connectivity index (χ2v) is 3.91. The van der Waals surface area contributed by atoms with Gasteiger partial charge in [-0.05, 0) is 12.1 Å². The summed E-state index contributed by atoms with van der Waals surface area (Å²) in [6, 6.07) is 7.83. The second kappa shape index (κ2) is 4.72. The number of ether oxygens (including phenoxy) is 1. The Kier molecular flexibility index (Phi) is 2.90. The third-order valence-corrected chi connectivity index (χ3v) is 2.59. The fourth-order valence-electron chi connectivity index (χ4n) is 1.84. The third-order valence-electron chi connectivity index (χ3n) is 2.59. The average molecular weight is 277 g/mol. The summed E-state index contributed by atoms with van der Waals surface area (Å²) in [6.45, 7) is -2.88. The SMILES string of the molecule is Nc1nc2ccnc(-c3cccc(OC(F)F)c3)n2n1. The van der Waals surface area contributed by atoms with Gasteiger partial charge in [-0.2, -0.15) is 18.3 Å². The van der Waals surface area contributed by atoms with Crippen molar-refractivity contribution >= 4 is 11.6 Å². The van der Waals surface area contributed by atoms with Gasteiger partial charge < -0.3 is 10.5 Å². The number of hydrogen-bond donors (Lipinski definition) is 1. The summed E-state index contributed by atoms with van der Waals surface area (Å²) >= 11 is 0. The molecule has 3 aromatic rings. The molecule has 0 saturated carbocycles. The Labute approximate surface area is 111 Å². The van der Waals surface area contributed by atoms with E-state index in [-0.39, 0.29) is 11.7 Å². The Hall–Kier alpha value is -2.77. The fourth-order valence-corrected chi connectivity index (χ4v) is 1.84. The standard InChI is InChI=1S/C12H9F2N5O/c13-11(14)20-8-3-1-2-7(6-8)10-16-5-4-9-17-12(15)18-19(9)10/h1-6,11H,(H2,15,18). The van der Waals surface area contributed by atoms with Crippen LogP contribution in [0.25, 0.3) is 17.0 Å². The van der Waals surface area contributed by atoms with Gasteiger partial charge in [-0.15, -0.1) is 5.10 Å². The smallest absolute Gasteiger partial charge is 0.387 e. The first kappa shape index (κ1) is 12.3. The Bertz CT molecular complexity index is 758. The minimum Gasteiger partial charge on any atom is -0.435 e. The van der Waals surface area contributed by atoms with Crippen LogP contribution in [0.3, 0.4) is 0 Å². The Morgan fingerprint density at radius 1 is 1.25 bits per heavy atom. The average Bonchev–Trinajstić information content (AvgIpc) is 2.78. The van der Waals surface area contributed by atoms with Crippen molar-refractivity contribution < 1.29 is 13.5 Å². The first-order chi connectivity index (χ1) is 9.63. The van der Waals surface area contributed by atoms with Gasteiger partial charge in [-0.25, -0.2) is 4.98 Å². The number of nitrogens with zero attached hydrogens (tertiary/aromatic N) is 4. The Morgan fingerprint density at radius 3 is 2.90 bits per heavy atom. The topological polar surface area (TPSA) is 78.3 Å². The van der Waals surface area contributed by atoms with Crippen LogP contribution in [0.5, 0.6) is 5.75 Å². The van der Waals surface area contributed by atoms with E-state index in [1.54, 1.807) is 24.4 Å². The van der Waals surface area contributed by atoms with Gasteiger partial charge in [0.15, 0.2) is 11.5 Å². The van der Waals surface area contributed by atoms with Gasteiger partial charge in [0.25, 0.3) is 0 Å². The molecular formula is C12H9F2N5O. The van der Waals surface area contributed by atoms with Gasteiger partial charge in [0.2, 0.25) is 5.95 Å². The lowest BCUT2D eigenvalue weighted by molar-refractivity contribution is -0.0498. The molecule has 6 nitrogen and oxygen atoms in total. The number of nitrogens with two attached hydrogens (primary N) is 1. The molecule has 0 amide bonds. The molecule has 0 spiro atoms. The highest BCUT2D eigenvalue weighted by atomic mass is 19.3. The molecule has 3 rings (SSSR count). The van der Waals surface area contributed by atoms with Crippen LogP contribution in [0.2, 0.25) is 0 Å². The largest absolute Gasteiger partial charge is 0.435 e. The third kappa shape index (κ3) is 2.22. The van der Waals surface area contributed by atoms with Crippen LogP contribution >= 0.6 is 0 Å². The molecule has 0 aliphatic heterocycles. The van der Waals surface area contributed by atoms with Crippen LogP contribution in [0.15, 0.2) is 36.5 Å². The van der Waals surface area contributed by atoms with Crippen LogP contribution in [0.1, 0.15) is 0 Å². The maximum atomic E-state index is 12.2. The van der Waals surface area contributed by atoms with Crippen molar-refractivity contribution in [2.75, 3.05) is 5.73 Å². The summed E-state index contributed by atoms with van der Waals surface area (Å²) in [6.07, 6.45) is 1.54. The lowest BCUT2D eigenvalue weighted by Crippen LogP contribution is -2.02. The molecule has 0 radical (unpaired) electrons. The molecule has 0 atom stereocenters. The van der Waals surface area contributed by atoms with E-state index < -0.39 is 6.61 Å². The zero-order valence-corrected chi connectivity index (χ0v) is 10.1. The van der Waals surface area contributed by atoms with Crippen molar-refractivity contribution in [2.45, 2.75) is 6.61 Å². The number of benzene rings is 1. The van der Waals surface area contributed by atoms with E-state index in [0.717, 1.165) is 0 Å². The number of halogens is 2. The second-order valence-electron chi connectivity index (χ2n) is 3.91. The summed E-state index contributed by atoms with van der Waals surface area (Å²) in [5, 5.41) is 4.01. The fraction of sp³-hybridized carbons (Fsp3) is 0.0833. The Morgan fingerprint density at radius 2 is 2.10 bits per heavy atom. The molecule has 2 heterocycles. The molecule has 102 valence electrons. The van der Waals surface area contributed by atoms with Crippen LogP contribution in [-0.2, 0) is 0 Å². The lowest BCUT2D eigenvalue weighted by Gasteiger charge is -2.07. The zero-order valence-electron chi connectivity index (χ0n) is 10.1. The van der Waals surface area contributed by atoms with Crippen molar-refractivity contribution in [2.24, 2.45) is 0 Å². The molecule has 0 bridgehead atoms. The monoisotopic (exact) mass is 277 g/mol. The molecule has 0 fully saturated rings. The summed E-state index contributed by atoms with van der Waals surface area (Å²) < 4.78 is 30.3. The summed E-state index contributed by atoms with van der Waals surface area (Å²) in [7, 11) is 0. The minimum atomic E-state index is -2.88. The molecule has 8 heteroatoms. The van der Waals surface area contributed by atoms with E-state index in [4.69, 9.17) is 5.73 Å². The molecule has 2 aromatic heterocycles. The zero-order chi connectivity index (χ0) is 14.1. The number of fused-ring (bicyclic) bond motifs is 1. The highest BCUT2D eigenvalue weighted by molar-refractivity contribution is 5.61. The van der Waals surface area contributed by atoms with Crippen LogP contribution in [0, 0.1) is 0 Å². The normalized spacial score (nSPS) is 11.2. The Balaban J connectivity index is 2.10. The number of hydrogen-bond acceptors (Lipinski definition) is 5. The maximum Gasteiger partial charge on any atom is 0.387 e. The highest BCUT2D eigenvalue weighted by Crippen LogP contribution is 2.23. The van der Waals surface area contributed by atoms with Gasteiger partial charge in [0.1, 0.15) is 5.75 Å². The van der Waals surface area contributed by atoms with E-state index in [0.29, 0.717) is 17.0 Å². The molecule has 1 aromatic carbocycles. The van der Waals surface area contributed by atoms with E-state index in [1.165, 1.54) is 16.6 Å². The number of aromatic nitrogens is 4. The molecule has 0 unspecified atom stereocenters. The lowest BCUT2D eigenvalue weighted by atomic mass is 10.2. The molecule has 20 heavy (non-hydrogen) atoms. The van der Waals surface area contributed by atoms with Crippen LogP contribution in [0.4, 0.5) is 14.7 Å². The van der Waals surface area contributed by atoms with Crippen molar-refractivity contribution in [3.05, 3.63) is 36.5 Å². The summed E-state index contributed by atoms with van der Waals surface area (Å²) in [5.74, 6) is 0.593. The predicted molar refractivity (Wildman–Crippen MR) is 67.3 cm³/mol. The molecular weight excluding hydrogens is 268 g/mol. The number of rotatable bonds is 3. The van der Waals surface area contributed by atoms with E-state index >= 15 is 0 Å². The van der Waals surface area contributed by atoms with Crippen LogP contribution in [-0.4, -0.2) is 26.2 Å². The van der Waals surface area contributed by atoms with E-state index in [9.17, 15) is 8.78 Å². The van der Waals surface area contributed by atoms with Crippen molar-refractivity contribution in [3.63, 3.8) is 0 Å². The summed E-state index contributed by atoms with van der Waals surface area (Å²) in [4.78, 5) is 8.18. The minimum absolute atomic E-state index is 0.0457. The van der Waals surface area contributed by atoms with Crippen LogP contribution < -0.4 is 10.5 Å². The molecule has 0 aliphatic rings. The van der Waals surface area contributed by atoms with Crippen molar-refractivity contribution in [1.82, 2.24) is 19.6 Å². The van der Waals surface area contributed by atoms with Gasteiger partial charge in [0.05, 0.1) is 0 Å². The highest BCUT2D eigenvalue weighted by Gasteiger charge is 2.11. The van der Waals surface area contributed by atoms with Gasteiger partial charge in [-0.1, -0.05) is 12.1 Å². The van der Waals surface area contributed by atoms with Crippen molar-refractivity contribution in [3.8, 4) is 17.1 Å². The molecule has 0 aliphatic carbocycles.